The van der Waals surface area contributed by atoms with Crippen molar-refractivity contribution in [2.75, 3.05) is 38.2 Å². The molecule has 28 heavy (non-hydrogen) atoms. The quantitative estimate of drug-likeness (QED) is 0.625. The summed E-state index contributed by atoms with van der Waals surface area (Å²) in [6, 6.07) is 14.7. The molecule has 0 unspecified atom stereocenters. The first-order valence-corrected chi connectivity index (χ1v) is 10.6. The van der Waals surface area contributed by atoms with Crippen molar-refractivity contribution in [1.29, 1.82) is 0 Å². The number of anilines is 1. The van der Waals surface area contributed by atoms with Gasteiger partial charge in [-0.15, -0.1) is 11.3 Å². The van der Waals surface area contributed by atoms with Gasteiger partial charge in [0.15, 0.2) is 0 Å². The molecule has 2 heterocycles. The van der Waals surface area contributed by atoms with E-state index in [9.17, 15) is 0 Å². The van der Waals surface area contributed by atoms with Gasteiger partial charge in [0.25, 0.3) is 0 Å². The van der Waals surface area contributed by atoms with Crippen molar-refractivity contribution in [1.82, 2.24) is 9.88 Å². The van der Waals surface area contributed by atoms with Crippen molar-refractivity contribution in [2.24, 2.45) is 0 Å². The number of hydrogen-bond acceptors (Lipinski definition) is 5. The van der Waals surface area contributed by atoms with E-state index in [0.717, 1.165) is 54.7 Å². The average molecular weight is 394 g/mol. The predicted octanol–water partition coefficient (Wildman–Crippen LogP) is 4.76. The molecule has 4 rings (SSSR count). The highest BCUT2D eigenvalue weighted by Crippen LogP contribution is 2.28. The van der Waals surface area contributed by atoms with E-state index < -0.39 is 0 Å². The van der Waals surface area contributed by atoms with E-state index in [1.807, 2.05) is 18.2 Å². The number of rotatable bonds is 5. The lowest BCUT2D eigenvalue weighted by atomic mass is 10.1. The van der Waals surface area contributed by atoms with Gasteiger partial charge in [-0.2, -0.15) is 0 Å². The van der Waals surface area contributed by atoms with Gasteiger partial charge in [0.2, 0.25) is 0 Å². The minimum atomic E-state index is 0.872. The molecule has 1 saturated heterocycles. The summed E-state index contributed by atoms with van der Waals surface area (Å²) in [5.41, 5.74) is 6.43. The Morgan fingerprint density at radius 2 is 1.82 bits per heavy atom. The SMILES string of the molecule is COc1cccc(-c2nc(CN3CCN(c4cccc(C)c4C)CC3)cs2)c1. The third-order valence-electron chi connectivity index (χ3n) is 5.54. The molecule has 1 fully saturated rings. The molecule has 0 spiro atoms. The first kappa shape index (κ1) is 19.0. The maximum absolute atomic E-state index is 5.33. The second kappa shape index (κ2) is 8.33. The second-order valence-electron chi connectivity index (χ2n) is 7.36. The minimum absolute atomic E-state index is 0.872. The second-order valence-corrected chi connectivity index (χ2v) is 8.22. The monoisotopic (exact) mass is 393 g/mol. The average Bonchev–Trinajstić information content (AvgIpc) is 3.19. The molecule has 1 aromatic heterocycles. The molecule has 0 atom stereocenters. The lowest BCUT2D eigenvalue weighted by molar-refractivity contribution is 0.247. The van der Waals surface area contributed by atoms with E-state index in [-0.39, 0.29) is 0 Å². The molecular formula is C23H27N3OS. The molecule has 2 aromatic carbocycles. The summed E-state index contributed by atoms with van der Waals surface area (Å²) in [5.74, 6) is 0.872. The third-order valence-corrected chi connectivity index (χ3v) is 6.48. The van der Waals surface area contributed by atoms with E-state index >= 15 is 0 Å². The molecule has 0 amide bonds. The van der Waals surface area contributed by atoms with Gasteiger partial charge in [-0.05, 0) is 43.2 Å². The number of benzene rings is 2. The van der Waals surface area contributed by atoms with Gasteiger partial charge in [-0.25, -0.2) is 4.98 Å². The van der Waals surface area contributed by atoms with Crippen LogP contribution in [0.1, 0.15) is 16.8 Å². The van der Waals surface area contributed by atoms with Crippen molar-refractivity contribution in [3.63, 3.8) is 0 Å². The molecule has 146 valence electrons. The number of thiazole rings is 1. The van der Waals surface area contributed by atoms with Crippen LogP contribution in [0.2, 0.25) is 0 Å². The third kappa shape index (κ3) is 4.05. The summed E-state index contributed by atoms with van der Waals surface area (Å²) in [5, 5.41) is 3.24. The van der Waals surface area contributed by atoms with Crippen LogP contribution in [-0.4, -0.2) is 43.2 Å². The number of aromatic nitrogens is 1. The van der Waals surface area contributed by atoms with Crippen molar-refractivity contribution < 1.29 is 4.74 Å². The van der Waals surface area contributed by atoms with Crippen LogP contribution in [0.4, 0.5) is 5.69 Å². The van der Waals surface area contributed by atoms with Crippen LogP contribution in [0, 0.1) is 13.8 Å². The predicted molar refractivity (Wildman–Crippen MR) is 118 cm³/mol. The number of hydrogen-bond donors (Lipinski definition) is 0. The highest BCUT2D eigenvalue weighted by atomic mass is 32.1. The maximum atomic E-state index is 5.33. The zero-order valence-corrected chi connectivity index (χ0v) is 17.6. The Morgan fingerprint density at radius 3 is 2.61 bits per heavy atom. The lowest BCUT2D eigenvalue weighted by Gasteiger charge is -2.36. The first-order chi connectivity index (χ1) is 13.6. The molecule has 0 aliphatic carbocycles. The maximum Gasteiger partial charge on any atom is 0.123 e. The van der Waals surface area contributed by atoms with Crippen LogP contribution < -0.4 is 9.64 Å². The Bertz CT molecular complexity index is 945. The first-order valence-electron chi connectivity index (χ1n) is 9.76. The lowest BCUT2D eigenvalue weighted by Crippen LogP contribution is -2.46. The molecule has 0 radical (unpaired) electrons. The molecular weight excluding hydrogens is 366 g/mol. The van der Waals surface area contributed by atoms with E-state index in [1.165, 1.54) is 16.8 Å². The number of methoxy groups -OCH3 is 1. The fourth-order valence-electron chi connectivity index (χ4n) is 3.72. The van der Waals surface area contributed by atoms with Crippen LogP contribution in [0.5, 0.6) is 5.75 Å². The van der Waals surface area contributed by atoms with Gasteiger partial charge >= 0.3 is 0 Å². The minimum Gasteiger partial charge on any atom is -0.497 e. The largest absolute Gasteiger partial charge is 0.497 e. The van der Waals surface area contributed by atoms with Gasteiger partial charge in [-0.3, -0.25) is 4.90 Å². The molecule has 5 heteroatoms. The van der Waals surface area contributed by atoms with Crippen LogP contribution in [0.25, 0.3) is 10.6 Å². The highest BCUT2D eigenvalue weighted by molar-refractivity contribution is 7.13. The van der Waals surface area contributed by atoms with E-state index in [1.54, 1.807) is 18.4 Å². The molecule has 1 aliphatic heterocycles. The highest BCUT2D eigenvalue weighted by Gasteiger charge is 2.19. The summed E-state index contributed by atoms with van der Waals surface area (Å²) < 4.78 is 5.33. The van der Waals surface area contributed by atoms with Gasteiger partial charge in [-0.1, -0.05) is 24.3 Å². The van der Waals surface area contributed by atoms with Gasteiger partial charge in [0, 0.05) is 49.4 Å². The molecule has 0 saturated carbocycles. The molecule has 0 bridgehead atoms. The molecule has 4 nitrogen and oxygen atoms in total. The van der Waals surface area contributed by atoms with Gasteiger partial charge in [0.1, 0.15) is 10.8 Å². The zero-order chi connectivity index (χ0) is 19.5. The van der Waals surface area contributed by atoms with Crippen LogP contribution in [-0.2, 0) is 6.54 Å². The Kier molecular flexibility index (Phi) is 5.64. The standard InChI is InChI=1S/C23H27N3OS/c1-17-6-4-9-22(18(17)2)26-12-10-25(11-13-26)15-20-16-28-23(24-20)19-7-5-8-21(14-19)27-3/h4-9,14,16H,10-13,15H2,1-3H3. The summed E-state index contributed by atoms with van der Waals surface area (Å²) in [6.07, 6.45) is 0. The van der Waals surface area contributed by atoms with Gasteiger partial charge in [0.05, 0.1) is 12.8 Å². The Balaban J connectivity index is 1.38. The molecule has 1 aliphatic rings. The summed E-state index contributed by atoms with van der Waals surface area (Å²) >= 11 is 1.71. The Morgan fingerprint density at radius 1 is 1.04 bits per heavy atom. The van der Waals surface area contributed by atoms with Gasteiger partial charge < -0.3 is 9.64 Å². The normalized spacial score (nSPS) is 15.0. The Labute approximate surface area is 171 Å². The number of nitrogens with zero attached hydrogens (tertiary/aromatic N) is 3. The molecule has 3 aromatic rings. The summed E-state index contributed by atoms with van der Waals surface area (Å²) in [7, 11) is 1.70. The van der Waals surface area contributed by atoms with Crippen molar-refractivity contribution >= 4 is 17.0 Å². The van der Waals surface area contributed by atoms with Crippen molar-refractivity contribution in [3.8, 4) is 16.3 Å². The Hall–Kier alpha value is -2.37. The molecule has 0 N–H and O–H groups in total. The number of ether oxygens (including phenoxy) is 1. The van der Waals surface area contributed by atoms with E-state index in [2.05, 4.69) is 53.3 Å². The van der Waals surface area contributed by atoms with Crippen molar-refractivity contribution in [3.05, 3.63) is 64.7 Å². The zero-order valence-electron chi connectivity index (χ0n) is 16.8. The number of aryl methyl sites for hydroxylation is 1. The smallest absolute Gasteiger partial charge is 0.123 e. The summed E-state index contributed by atoms with van der Waals surface area (Å²) in [6.45, 7) is 9.61. The fourth-order valence-corrected chi connectivity index (χ4v) is 4.53. The van der Waals surface area contributed by atoms with Crippen LogP contribution in [0.15, 0.2) is 47.8 Å². The summed E-state index contributed by atoms with van der Waals surface area (Å²) in [4.78, 5) is 9.88. The van der Waals surface area contributed by atoms with Crippen LogP contribution in [0.3, 0.4) is 0 Å². The van der Waals surface area contributed by atoms with E-state index in [4.69, 9.17) is 9.72 Å². The fraction of sp³-hybridized carbons (Fsp3) is 0.348. The number of piperazine rings is 1. The van der Waals surface area contributed by atoms with Crippen LogP contribution >= 0.6 is 11.3 Å². The van der Waals surface area contributed by atoms with E-state index in [0.29, 0.717) is 0 Å². The topological polar surface area (TPSA) is 28.6 Å². The van der Waals surface area contributed by atoms with Crippen molar-refractivity contribution in [2.45, 2.75) is 20.4 Å².